The molecule has 2 aromatic rings. The first-order chi connectivity index (χ1) is 9.15. The van der Waals surface area contributed by atoms with E-state index in [9.17, 15) is 4.79 Å². The van der Waals surface area contributed by atoms with Gasteiger partial charge in [-0.2, -0.15) is 0 Å². The van der Waals surface area contributed by atoms with Crippen LogP contribution in [0.5, 0.6) is 0 Å². The zero-order valence-electron chi connectivity index (χ0n) is 10.9. The molecule has 0 spiro atoms. The summed E-state index contributed by atoms with van der Waals surface area (Å²) < 4.78 is 0. The molecule has 3 heteroatoms. The second-order valence-electron chi connectivity index (χ2n) is 4.58. The van der Waals surface area contributed by atoms with Gasteiger partial charge in [-0.1, -0.05) is 42.5 Å². The highest BCUT2D eigenvalue weighted by molar-refractivity contribution is 5.70. The number of aliphatic carboxylic acids is 1. The zero-order chi connectivity index (χ0) is 13.7. The van der Waals surface area contributed by atoms with Crippen LogP contribution in [-0.4, -0.2) is 18.1 Å². The van der Waals surface area contributed by atoms with Crippen molar-refractivity contribution in [3.8, 4) is 0 Å². The van der Waals surface area contributed by atoms with Crippen molar-refractivity contribution in [3.63, 3.8) is 0 Å². The Hall–Kier alpha value is -2.29. The molecule has 0 aromatic heterocycles. The fourth-order valence-electron chi connectivity index (χ4n) is 1.98. The van der Waals surface area contributed by atoms with Crippen molar-refractivity contribution >= 4 is 11.7 Å². The third-order valence-corrected chi connectivity index (χ3v) is 3.00. The van der Waals surface area contributed by atoms with Crippen molar-refractivity contribution in [2.45, 2.75) is 13.0 Å². The molecule has 0 unspecified atom stereocenters. The predicted octanol–water partition coefficient (Wildman–Crippen LogP) is 2.95. The molecule has 0 aliphatic carbocycles. The fourth-order valence-corrected chi connectivity index (χ4v) is 1.98. The Morgan fingerprint density at radius 2 is 1.58 bits per heavy atom. The molecule has 0 aliphatic rings. The molecular formula is C16H17NO2. The van der Waals surface area contributed by atoms with Gasteiger partial charge in [-0.15, -0.1) is 0 Å². The first kappa shape index (κ1) is 13.1. The summed E-state index contributed by atoms with van der Waals surface area (Å²) >= 11 is 0. The summed E-state index contributed by atoms with van der Waals surface area (Å²) in [6.45, 7) is 0.803. The highest BCUT2D eigenvalue weighted by Gasteiger charge is 2.03. The number of carboxylic acids is 1. The van der Waals surface area contributed by atoms with Gasteiger partial charge in [-0.05, 0) is 23.3 Å². The van der Waals surface area contributed by atoms with Crippen molar-refractivity contribution in [3.05, 3.63) is 65.7 Å². The SMILES string of the molecule is CN(Cc1ccc(CC(=O)O)cc1)c1ccccc1. The second kappa shape index (κ2) is 6.05. The number of nitrogens with zero attached hydrogens (tertiary/aromatic N) is 1. The Morgan fingerprint density at radius 1 is 1.00 bits per heavy atom. The molecule has 0 fully saturated rings. The number of hydrogen-bond acceptors (Lipinski definition) is 2. The Morgan fingerprint density at radius 3 is 2.16 bits per heavy atom. The molecule has 98 valence electrons. The van der Waals surface area contributed by atoms with Crippen molar-refractivity contribution in [1.29, 1.82) is 0 Å². The third-order valence-electron chi connectivity index (χ3n) is 3.00. The quantitative estimate of drug-likeness (QED) is 0.893. The van der Waals surface area contributed by atoms with E-state index in [1.165, 1.54) is 5.56 Å². The molecule has 2 rings (SSSR count). The fraction of sp³-hybridized carbons (Fsp3) is 0.188. The lowest BCUT2D eigenvalue weighted by Gasteiger charge is -2.19. The van der Waals surface area contributed by atoms with Gasteiger partial charge >= 0.3 is 5.97 Å². The Kier molecular flexibility index (Phi) is 4.18. The zero-order valence-corrected chi connectivity index (χ0v) is 10.9. The molecule has 0 saturated heterocycles. The summed E-state index contributed by atoms with van der Waals surface area (Å²) in [7, 11) is 2.04. The van der Waals surface area contributed by atoms with Gasteiger partial charge < -0.3 is 10.0 Å². The molecule has 0 heterocycles. The van der Waals surface area contributed by atoms with Gasteiger partial charge in [-0.25, -0.2) is 0 Å². The topological polar surface area (TPSA) is 40.5 Å². The van der Waals surface area contributed by atoms with Crippen LogP contribution in [0.4, 0.5) is 5.69 Å². The van der Waals surface area contributed by atoms with Crippen molar-refractivity contribution in [2.24, 2.45) is 0 Å². The minimum Gasteiger partial charge on any atom is -0.481 e. The third kappa shape index (κ3) is 3.85. The van der Waals surface area contributed by atoms with Gasteiger partial charge in [-0.3, -0.25) is 4.79 Å². The molecule has 0 radical (unpaired) electrons. The summed E-state index contributed by atoms with van der Waals surface area (Å²) in [5, 5.41) is 8.72. The number of para-hydroxylation sites is 1. The van der Waals surface area contributed by atoms with E-state index in [4.69, 9.17) is 5.11 Å². The summed E-state index contributed by atoms with van der Waals surface area (Å²) in [4.78, 5) is 12.8. The molecule has 1 N–H and O–H groups in total. The number of hydrogen-bond donors (Lipinski definition) is 1. The smallest absolute Gasteiger partial charge is 0.307 e. The molecule has 0 aliphatic heterocycles. The van der Waals surface area contributed by atoms with Gasteiger partial charge in [0, 0.05) is 19.3 Å². The number of benzene rings is 2. The molecule has 2 aromatic carbocycles. The minimum absolute atomic E-state index is 0.0782. The lowest BCUT2D eigenvalue weighted by Crippen LogP contribution is -2.16. The molecule has 0 amide bonds. The van der Waals surface area contributed by atoms with Crippen molar-refractivity contribution in [2.75, 3.05) is 11.9 Å². The maximum absolute atomic E-state index is 10.6. The standard InChI is InChI=1S/C16H17NO2/c1-17(15-5-3-2-4-6-15)12-14-9-7-13(8-10-14)11-16(18)19/h2-10H,11-12H2,1H3,(H,18,19). The van der Waals surface area contributed by atoms with E-state index in [0.717, 1.165) is 17.8 Å². The Balaban J connectivity index is 2.01. The van der Waals surface area contributed by atoms with E-state index in [2.05, 4.69) is 17.0 Å². The molecule has 0 atom stereocenters. The van der Waals surface area contributed by atoms with Crippen LogP contribution in [0.15, 0.2) is 54.6 Å². The monoisotopic (exact) mass is 255 g/mol. The van der Waals surface area contributed by atoms with Crippen molar-refractivity contribution in [1.82, 2.24) is 0 Å². The summed E-state index contributed by atoms with van der Waals surface area (Å²) in [5.74, 6) is -0.797. The first-order valence-corrected chi connectivity index (χ1v) is 6.21. The van der Waals surface area contributed by atoms with E-state index in [-0.39, 0.29) is 6.42 Å². The lowest BCUT2D eigenvalue weighted by molar-refractivity contribution is -0.136. The van der Waals surface area contributed by atoms with Gasteiger partial charge in [0.1, 0.15) is 0 Å². The second-order valence-corrected chi connectivity index (χ2v) is 4.58. The van der Waals surface area contributed by atoms with Crippen LogP contribution in [0.25, 0.3) is 0 Å². The van der Waals surface area contributed by atoms with Gasteiger partial charge in [0.05, 0.1) is 6.42 Å². The van der Waals surface area contributed by atoms with E-state index in [1.807, 2.05) is 49.5 Å². The van der Waals surface area contributed by atoms with Crippen LogP contribution in [0, 0.1) is 0 Å². The van der Waals surface area contributed by atoms with E-state index in [1.54, 1.807) is 0 Å². The van der Waals surface area contributed by atoms with Crippen LogP contribution in [0.3, 0.4) is 0 Å². The number of carbonyl (C=O) groups is 1. The highest BCUT2D eigenvalue weighted by atomic mass is 16.4. The maximum atomic E-state index is 10.6. The molecular weight excluding hydrogens is 238 g/mol. The maximum Gasteiger partial charge on any atom is 0.307 e. The summed E-state index contributed by atoms with van der Waals surface area (Å²) in [5.41, 5.74) is 3.16. The predicted molar refractivity (Wildman–Crippen MR) is 76.3 cm³/mol. The Labute approximate surface area is 113 Å². The number of anilines is 1. The van der Waals surface area contributed by atoms with E-state index >= 15 is 0 Å². The van der Waals surface area contributed by atoms with Gasteiger partial charge in [0.15, 0.2) is 0 Å². The number of carboxylic acid groups (broad SMARTS) is 1. The van der Waals surface area contributed by atoms with Crippen LogP contribution in [-0.2, 0) is 17.8 Å². The average Bonchev–Trinajstić information content (AvgIpc) is 2.41. The summed E-state index contributed by atoms with van der Waals surface area (Å²) in [6, 6.07) is 17.9. The summed E-state index contributed by atoms with van der Waals surface area (Å²) in [6.07, 6.45) is 0.0782. The van der Waals surface area contributed by atoms with Crippen LogP contribution < -0.4 is 4.90 Å². The van der Waals surface area contributed by atoms with Gasteiger partial charge in [0.25, 0.3) is 0 Å². The van der Waals surface area contributed by atoms with E-state index < -0.39 is 5.97 Å². The average molecular weight is 255 g/mol. The molecule has 0 saturated carbocycles. The van der Waals surface area contributed by atoms with Gasteiger partial charge in [0.2, 0.25) is 0 Å². The van der Waals surface area contributed by atoms with E-state index in [0.29, 0.717) is 0 Å². The normalized spacial score (nSPS) is 10.2. The largest absolute Gasteiger partial charge is 0.481 e. The lowest BCUT2D eigenvalue weighted by atomic mass is 10.1. The number of rotatable bonds is 5. The minimum atomic E-state index is -0.797. The molecule has 0 bridgehead atoms. The highest BCUT2D eigenvalue weighted by Crippen LogP contribution is 2.15. The first-order valence-electron chi connectivity index (χ1n) is 6.21. The molecule has 19 heavy (non-hydrogen) atoms. The molecule has 3 nitrogen and oxygen atoms in total. The van der Waals surface area contributed by atoms with Crippen LogP contribution >= 0.6 is 0 Å². The van der Waals surface area contributed by atoms with Crippen LogP contribution in [0.1, 0.15) is 11.1 Å². The Bertz CT molecular complexity index is 534. The van der Waals surface area contributed by atoms with Crippen molar-refractivity contribution < 1.29 is 9.90 Å². The van der Waals surface area contributed by atoms with Crippen LogP contribution in [0.2, 0.25) is 0 Å².